The highest BCUT2D eigenvalue weighted by Gasteiger charge is 2.11. The Morgan fingerprint density at radius 1 is 1.32 bits per heavy atom. The summed E-state index contributed by atoms with van der Waals surface area (Å²) >= 11 is 1.63. The third-order valence-corrected chi connectivity index (χ3v) is 4.50. The van der Waals surface area contributed by atoms with Gasteiger partial charge in [0.25, 0.3) is 0 Å². The number of ether oxygens (including phenoxy) is 2. The van der Waals surface area contributed by atoms with Crippen molar-refractivity contribution in [2.75, 3.05) is 51.8 Å². The van der Waals surface area contributed by atoms with Gasteiger partial charge in [0.1, 0.15) is 5.75 Å². The van der Waals surface area contributed by atoms with Crippen molar-refractivity contribution in [3.05, 3.63) is 29.6 Å². The van der Waals surface area contributed by atoms with Crippen molar-refractivity contribution in [1.29, 1.82) is 0 Å². The maximum Gasteiger partial charge on any atom is 0.183 e. The Hall–Kier alpha value is -1.63. The normalized spacial score (nSPS) is 15.7. The third kappa shape index (κ3) is 3.76. The average molecular weight is 319 g/mol. The highest BCUT2D eigenvalue weighted by Crippen LogP contribution is 2.31. The van der Waals surface area contributed by atoms with E-state index in [0.717, 1.165) is 61.5 Å². The second-order valence-electron chi connectivity index (χ2n) is 5.12. The van der Waals surface area contributed by atoms with Crippen LogP contribution >= 0.6 is 11.3 Å². The first kappa shape index (κ1) is 15.3. The fraction of sp³-hybridized carbons (Fsp3) is 0.438. The monoisotopic (exact) mass is 319 g/mol. The van der Waals surface area contributed by atoms with Gasteiger partial charge >= 0.3 is 0 Å². The van der Waals surface area contributed by atoms with E-state index < -0.39 is 0 Å². The van der Waals surface area contributed by atoms with E-state index in [2.05, 4.69) is 20.6 Å². The Kier molecular flexibility index (Phi) is 5.26. The SMILES string of the molecule is COc1ccccc1-c1csc(NCCN2CCOCC2)n1. The molecule has 0 radical (unpaired) electrons. The minimum absolute atomic E-state index is 0.842. The first-order valence-electron chi connectivity index (χ1n) is 7.50. The van der Waals surface area contributed by atoms with Gasteiger partial charge in [-0.3, -0.25) is 4.90 Å². The molecule has 1 N–H and O–H groups in total. The van der Waals surface area contributed by atoms with Gasteiger partial charge in [0.15, 0.2) is 5.13 Å². The molecular weight excluding hydrogens is 298 g/mol. The molecule has 3 rings (SSSR count). The smallest absolute Gasteiger partial charge is 0.183 e. The molecule has 0 bridgehead atoms. The first-order chi connectivity index (χ1) is 10.9. The summed E-state index contributed by atoms with van der Waals surface area (Å²) in [5, 5.41) is 6.42. The lowest BCUT2D eigenvalue weighted by Gasteiger charge is -2.26. The molecule has 0 amide bonds. The van der Waals surface area contributed by atoms with E-state index in [1.165, 1.54) is 0 Å². The van der Waals surface area contributed by atoms with Crippen molar-refractivity contribution in [3.8, 4) is 17.0 Å². The number of methoxy groups -OCH3 is 1. The summed E-state index contributed by atoms with van der Waals surface area (Å²) in [6.45, 7) is 5.65. The Balaban J connectivity index is 1.57. The molecule has 6 heteroatoms. The van der Waals surface area contributed by atoms with Crippen LogP contribution in [-0.4, -0.2) is 56.4 Å². The summed E-state index contributed by atoms with van der Waals surface area (Å²) in [6, 6.07) is 7.96. The predicted molar refractivity (Wildman–Crippen MR) is 89.9 cm³/mol. The van der Waals surface area contributed by atoms with E-state index in [4.69, 9.17) is 9.47 Å². The lowest BCUT2D eigenvalue weighted by Crippen LogP contribution is -2.38. The zero-order valence-electron chi connectivity index (χ0n) is 12.7. The van der Waals surface area contributed by atoms with Crippen LogP contribution in [0.1, 0.15) is 0 Å². The van der Waals surface area contributed by atoms with Crippen LogP contribution in [0.4, 0.5) is 5.13 Å². The molecule has 0 saturated carbocycles. The van der Waals surface area contributed by atoms with Gasteiger partial charge < -0.3 is 14.8 Å². The highest BCUT2D eigenvalue weighted by molar-refractivity contribution is 7.14. The van der Waals surface area contributed by atoms with E-state index in [1.54, 1.807) is 18.4 Å². The molecule has 0 unspecified atom stereocenters. The van der Waals surface area contributed by atoms with Crippen molar-refractivity contribution < 1.29 is 9.47 Å². The number of thiazole rings is 1. The van der Waals surface area contributed by atoms with E-state index in [1.807, 2.05) is 24.3 Å². The zero-order valence-corrected chi connectivity index (χ0v) is 13.6. The molecular formula is C16H21N3O2S. The van der Waals surface area contributed by atoms with Crippen molar-refractivity contribution in [2.45, 2.75) is 0 Å². The topological polar surface area (TPSA) is 46.6 Å². The Morgan fingerprint density at radius 3 is 2.95 bits per heavy atom. The molecule has 0 aliphatic carbocycles. The van der Waals surface area contributed by atoms with Gasteiger partial charge in [-0.2, -0.15) is 0 Å². The van der Waals surface area contributed by atoms with Crippen LogP contribution in [0.15, 0.2) is 29.6 Å². The van der Waals surface area contributed by atoms with Gasteiger partial charge in [0.05, 0.1) is 26.0 Å². The quantitative estimate of drug-likeness (QED) is 0.887. The first-order valence-corrected chi connectivity index (χ1v) is 8.37. The Bertz CT molecular complexity index is 597. The molecule has 5 nitrogen and oxygen atoms in total. The van der Waals surface area contributed by atoms with E-state index in [-0.39, 0.29) is 0 Å². The summed E-state index contributed by atoms with van der Waals surface area (Å²) in [7, 11) is 1.69. The molecule has 1 aromatic carbocycles. The molecule has 22 heavy (non-hydrogen) atoms. The summed E-state index contributed by atoms with van der Waals surface area (Å²) in [5.74, 6) is 0.854. The molecule has 2 aromatic rings. The van der Waals surface area contributed by atoms with Crippen LogP contribution in [-0.2, 0) is 4.74 Å². The van der Waals surface area contributed by atoms with Crippen LogP contribution < -0.4 is 10.1 Å². The second kappa shape index (κ2) is 7.58. The predicted octanol–water partition coefficient (Wildman–Crippen LogP) is 2.56. The van der Waals surface area contributed by atoms with Gasteiger partial charge in [-0.25, -0.2) is 4.98 Å². The molecule has 1 aliphatic heterocycles. The van der Waals surface area contributed by atoms with Crippen molar-refractivity contribution in [1.82, 2.24) is 9.88 Å². The fourth-order valence-corrected chi connectivity index (χ4v) is 3.22. The summed E-state index contributed by atoms with van der Waals surface area (Å²) in [6.07, 6.45) is 0. The van der Waals surface area contributed by atoms with Gasteiger partial charge in [0, 0.05) is 37.1 Å². The molecule has 0 spiro atoms. The van der Waals surface area contributed by atoms with E-state index in [9.17, 15) is 0 Å². The van der Waals surface area contributed by atoms with Crippen LogP contribution in [0.25, 0.3) is 11.3 Å². The number of morpholine rings is 1. The molecule has 1 saturated heterocycles. The minimum Gasteiger partial charge on any atom is -0.496 e. The zero-order chi connectivity index (χ0) is 15.2. The molecule has 2 heterocycles. The fourth-order valence-electron chi connectivity index (χ4n) is 2.48. The Labute approximate surface area is 134 Å². The maximum atomic E-state index is 5.40. The second-order valence-corrected chi connectivity index (χ2v) is 5.98. The van der Waals surface area contributed by atoms with Crippen LogP contribution in [0.2, 0.25) is 0 Å². The Morgan fingerprint density at radius 2 is 2.14 bits per heavy atom. The van der Waals surface area contributed by atoms with Gasteiger partial charge in [-0.15, -0.1) is 11.3 Å². The number of hydrogen-bond acceptors (Lipinski definition) is 6. The largest absolute Gasteiger partial charge is 0.496 e. The summed E-state index contributed by atoms with van der Waals surface area (Å²) in [4.78, 5) is 7.06. The molecule has 1 fully saturated rings. The summed E-state index contributed by atoms with van der Waals surface area (Å²) in [5.41, 5.74) is 1.99. The minimum atomic E-state index is 0.842. The van der Waals surface area contributed by atoms with Crippen LogP contribution in [0, 0.1) is 0 Å². The number of aromatic nitrogens is 1. The third-order valence-electron chi connectivity index (χ3n) is 3.70. The van der Waals surface area contributed by atoms with Gasteiger partial charge in [-0.1, -0.05) is 12.1 Å². The van der Waals surface area contributed by atoms with E-state index in [0.29, 0.717) is 0 Å². The van der Waals surface area contributed by atoms with Crippen molar-refractivity contribution >= 4 is 16.5 Å². The van der Waals surface area contributed by atoms with Crippen LogP contribution in [0.3, 0.4) is 0 Å². The number of benzene rings is 1. The number of para-hydroxylation sites is 1. The molecule has 1 aliphatic rings. The number of anilines is 1. The van der Waals surface area contributed by atoms with Gasteiger partial charge in [0.2, 0.25) is 0 Å². The summed E-state index contributed by atoms with van der Waals surface area (Å²) < 4.78 is 10.7. The molecule has 118 valence electrons. The number of hydrogen-bond donors (Lipinski definition) is 1. The lowest BCUT2D eigenvalue weighted by molar-refractivity contribution is 0.0398. The number of rotatable bonds is 6. The van der Waals surface area contributed by atoms with E-state index >= 15 is 0 Å². The lowest BCUT2D eigenvalue weighted by atomic mass is 10.1. The number of nitrogens with one attached hydrogen (secondary N) is 1. The average Bonchev–Trinajstić information content (AvgIpc) is 3.04. The highest BCUT2D eigenvalue weighted by atomic mass is 32.1. The van der Waals surface area contributed by atoms with Crippen molar-refractivity contribution in [3.63, 3.8) is 0 Å². The number of nitrogens with zero attached hydrogens (tertiary/aromatic N) is 2. The molecule has 1 aromatic heterocycles. The van der Waals surface area contributed by atoms with Crippen molar-refractivity contribution in [2.24, 2.45) is 0 Å². The standard InChI is InChI=1S/C16H21N3O2S/c1-20-15-5-3-2-4-13(15)14-12-22-16(18-14)17-6-7-19-8-10-21-11-9-19/h2-5,12H,6-11H2,1H3,(H,17,18). The van der Waals surface area contributed by atoms with Gasteiger partial charge in [-0.05, 0) is 12.1 Å². The maximum absolute atomic E-state index is 5.40. The van der Waals surface area contributed by atoms with Crippen LogP contribution in [0.5, 0.6) is 5.75 Å². The molecule has 0 atom stereocenters.